The van der Waals surface area contributed by atoms with Crippen molar-refractivity contribution in [3.63, 3.8) is 0 Å². The van der Waals surface area contributed by atoms with Crippen LogP contribution < -0.4 is 10.6 Å². The number of aromatic nitrogens is 1. The minimum Gasteiger partial charge on any atom is -0.392 e. The summed E-state index contributed by atoms with van der Waals surface area (Å²) in [6.45, 7) is 10.7. The van der Waals surface area contributed by atoms with Gasteiger partial charge in [0.15, 0.2) is 0 Å². The number of piperazine rings is 1. The van der Waals surface area contributed by atoms with E-state index >= 15 is 0 Å². The molecule has 5 atom stereocenters. The van der Waals surface area contributed by atoms with Gasteiger partial charge in [-0.15, -0.1) is 0 Å². The summed E-state index contributed by atoms with van der Waals surface area (Å²) in [6, 6.07) is 20.8. The number of aryl methyl sites for hydroxylation is 1. The number of fused-ring (bicyclic) bond motifs is 1. The predicted molar refractivity (Wildman–Crippen MR) is 179 cm³/mol. The molecule has 0 bridgehead atoms. The van der Waals surface area contributed by atoms with Crippen molar-refractivity contribution in [2.45, 2.75) is 83.3 Å². The first-order valence-electron chi connectivity index (χ1n) is 16.4. The second kappa shape index (κ2) is 14.9. The van der Waals surface area contributed by atoms with Crippen LogP contribution in [-0.4, -0.2) is 86.8 Å². The number of nitrogens with zero attached hydrogens (tertiary/aromatic N) is 3. The molecule has 1 saturated heterocycles. The highest BCUT2D eigenvalue weighted by Gasteiger charge is 2.37. The highest BCUT2D eigenvalue weighted by Crippen LogP contribution is 2.32. The summed E-state index contributed by atoms with van der Waals surface area (Å²) in [5.74, 6) is -0.782. The number of aliphatic hydroxyl groups excluding tert-OH is 2. The van der Waals surface area contributed by atoms with Crippen LogP contribution in [0.15, 0.2) is 72.9 Å². The van der Waals surface area contributed by atoms with Crippen molar-refractivity contribution in [2.75, 3.05) is 26.2 Å². The minimum absolute atomic E-state index is 0.0705. The summed E-state index contributed by atoms with van der Waals surface area (Å²) < 4.78 is 0. The van der Waals surface area contributed by atoms with Gasteiger partial charge in [0.05, 0.1) is 18.2 Å². The number of hydrogen-bond acceptors (Lipinski definition) is 7. The van der Waals surface area contributed by atoms with E-state index in [4.69, 9.17) is 0 Å². The Bertz CT molecular complexity index is 1460. The molecule has 1 fully saturated rings. The van der Waals surface area contributed by atoms with E-state index in [9.17, 15) is 19.8 Å². The summed E-state index contributed by atoms with van der Waals surface area (Å²) in [4.78, 5) is 36.2. The van der Waals surface area contributed by atoms with E-state index in [2.05, 4.69) is 31.5 Å². The molecule has 2 amide bonds. The normalized spacial score (nSPS) is 21.7. The van der Waals surface area contributed by atoms with E-state index in [1.165, 1.54) is 0 Å². The van der Waals surface area contributed by atoms with Crippen molar-refractivity contribution in [1.29, 1.82) is 0 Å². The van der Waals surface area contributed by atoms with Gasteiger partial charge in [-0.1, -0.05) is 60.7 Å². The summed E-state index contributed by atoms with van der Waals surface area (Å²) in [5, 5.41) is 28.6. The summed E-state index contributed by atoms with van der Waals surface area (Å²) >= 11 is 0. The van der Waals surface area contributed by atoms with Crippen LogP contribution in [0.25, 0.3) is 0 Å². The molecule has 4 N–H and O–H groups in total. The lowest BCUT2D eigenvalue weighted by atomic mass is 9.91. The van der Waals surface area contributed by atoms with Crippen molar-refractivity contribution < 1.29 is 19.8 Å². The van der Waals surface area contributed by atoms with Crippen LogP contribution in [0.2, 0.25) is 0 Å². The molecule has 1 aliphatic carbocycles. The highest BCUT2D eigenvalue weighted by molar-refractivity contribution is 5.83. The molecular formula is C37H49N5O4. The molecule has 9 nitrogen and oxygen atoms in total. The van der Waals surface area contributed by atoms with Gasteiger partial charge in [-0.05, 0) is 68.9 Å². The Morgan fingerprint density at radius 3 is 2.46 bits per heavy atom. The zero-order chi connectivity index (χ0) is 32.8. The Balaban J connectivity index is 1.28. The Hall–Kier alpha value is -3.63. The third-order valence-corrected chi connectivity index (χ3v) is 8.95. The lowest BCUT2D eigenvalue weighted by Crippen LogP contribution is -2.61. The molecule has 9 heteroatoms. The Morgan fingerprint density at radius 1 is 1.00 bits per heavy atom. The van der Waals surface area contributed by atoms with Crippen LogP contribution in [0.4, 0.5) is 0 Å². The quantitative estimate of drug-likeness (QED) is 0.258. The zero-order valence-electron chi connectivity index (χ0n) is 27.5. The lowest BCUT2D eigenvalue weighted by molar-refractivity contribution is -0.132. The lowest BCUT2D eigenvalue weighted by Gasteiger charge is -2.42. The number of rotatable bonds is 11. The average molecular weight is 628 g/mol. The number of carbonyl (C=O) groups excluding carboxylic acids is 2. The van der Waals surface area contributed by atoms with E-state index in [1.54, 1.807) is 0 Å². The SMILES string of the molecule is Cc1ccc(CN2CCN(C[C@@H](O)C[C@@H](Cc3ccccc3)C(=O)NC3c4ccccc4C[C@H]3O)[C@H](C(=O)NC(C)(C)C)C2)cn1. The van der Waals surface area contributed by atoms with Gasteiger partial charge in [-0.2, -0.15) is 0 Å². The van der Waals surface area contributed by atoms with Gasteiger partial charge < -0.3 is 20.8 Å². The summed E-state index contributed by atoms with van der Waals surface area (Å²) in [7, 11) is 0. The van der Waals surface area contributed by atoms with E-state index in [0.717, 1.165) is 34.5 Å². The molecule has 46 heavy (non-hydrogen) atoms. The Labute approximate surface area is 273 Å². The fourth-order valence-corrected chi connectivity index (χ4v) is 6.67. The van der Waals surface area contributed by atoms with Gasteiger partial charge in [0.25, 0.3) is 0 Å². The largest absolute Gasteiger partial charge is 0.392 e. The molecule has 3 aromatic rings. The van der Waals surface area contributed by atoms with E-state index in [1.807, 2.05) is 94.6 Å². The second-order valence-corrected chi connectivity index (χ2v) is 14.0. The number of benzene rings is 2. The highest BCUT2D eigenvalue weighted by atomic mass is 16.3. The fourth-order valence-electron chi connectivity index (χ4n) is 6.67. The van der Waals surface area contributed by atoms with Crippen molar-refractivity contribution in [3.05, 3.63) is 101 Å². The predicted octanol–water partition coefficient (Wildman–Crippen LogP) is 3.18. The second-order valence-electron chi connectivity index (χ2n) is 14.0. The van der Waals surface area contributed by atoms with Crippen LogP contribution in [0.1, 0.15) is 61.2 Å². The number of nitrogens with one attached hydrogen (secondary N) is 2. The molecule has 1 aliphatic heterocycles. The molecule has 1 aromatic heterocycles. The third kappa shape index (κ3) is 9.00. The number of aliphatic hydroxyl groups is 2. The van der Waals surface area contributed by atoms with Gasteiger partial charge in [-0.25, -0.2) is 0 Å². The molecule has 5 rings (SSSR count). The Morgan fingerprint density at radius 2 is 1.74 bits per heavy atom. The maximum Gasteiger partial charge on any atom is 0.239 e. The zero-order valence-corrected chi connectivity index (χ0v) is 27.5. The van der Waals surface area contributed by atoms with Crippen LogP contribution >= 0.6 is 0 Å². The van der Waals surface area contributed by atoms with Crippen LogP contribution in [-0.2, 0) is 29.0 Å². The maximum atomic E-state index is 13.8. The van der Waals surface area contributed by atoms with Crippen LogP contribution in [0.5, 0.6) is 0 Å². The smallest absolute Gasteiger partial charge is 0.239 e. The molecule has 0 spiro atoms. The molecule has 1 unspecified atom stereocenters. The number of amides is 2. The van der Waals surface area contributed by atoms with Crippen LogP contribution in [0, 0.1) is 12.8 Å². The first kappa shape index (κ1) is 33.7. The summed E-state index contributed by atoms with van der Waals surface area (Å²) in [6.07, 6.45) is 1.54. The van der Waals surface area contributed by atoms with Crippen molar-refractivity contribution in [3.8, 4) is 0 Å². The van der Waals surface area contributed by atoms with Crippen molar-refractivity contribution in [2.24, 2.45) is 5.92 Å². The van der Waals surface area contributed by atoms with Gasteiger partial charge >= 0.3 is 0 Å². The van der Waals surface area contributed by atoms with Crippen molar-refractivity contribution >= 4 is 11.8 Å². The maximum absolute atomic E-state index is 13.8. The number of hydrogen-bond donors (Lipinski definition) is 4. The standard InChI is InChI=1S/C37H49N5O4/c1-25-14-15-27(21-38-25)22-41-16-17-42(32(24-41)36(46)40-37(2,3)4)23-30(43)19-29(18-26-10-6-5-7-11-26)35(45)39-34-31-13-9-8-12-28(31)20-33(34)44/h5-15,21,29-30,32-34,43-44H,16-20,22-24H2,1-4H3,(H,39,45)(H,40,46)/t29-,30+,32+,33-,34?/m1/s1. The Kier molecular flexibility index (Phi) is 10.9. The van der Waals surface area contributed by atoms with E-state index in [0.29, 0.717) is 32.5 Å². The van der Waals surface area contributed by atoms with Gasteiger partial charge in [0, 0.05) is 62.5 Å². The van der Waals surface area contributed by atoms with Crippen molar-refractivity contribution in [1.82, 2.24) is 25.4 Å². The summed E-state index contributed by atoms with van der Waals surface area (Å²) in [5.41, 5.74) is 4.65. The van der Waals surface area contributed by atoms with Gasteiger partial charge in [0.2, 0.25) is 11.8 Å². The molecule has 2 aliphatic rings. The number of pyridine rings is 1. The third-order valence-electron chi connectivity index (χ3n) is 8.95. The topological polar surface area (TPSA) is 118 Å². The first-order chi connectivity index (χ1) is 21.9. The molecule has 2 aromatic carbocycles. The number of β-amino-alcohol motifs (C(OH)–C–C–N with tert-alkyl or cyclic N) is 1. The molecule has 246 valence electrons. The van der Waals surface area contributed by atoms with E-state index < -0.39 is 35.7 Å². The monoisotopic (exact) mass is 627 g/mol. The van der Waals surface area contributed by atoms with E-state index in [-0.39, 0.29) is 24.8 Å². The van der Waals surface area contributed by atoms with Gasteiger partial charge in [0.1, 0.15) is 6.04 Å². The molecular weight excluding hydrogens is 578 g/mol. The van der Waals surface area contributed by atoms with Gasteiger partial charge in [-0.3, -0.25) is 24.4 Å². The fraction of sp³-hybridized carbons (Fsp3) is 0.486. The number of carbonyl (C=O) groups is 2. The minimum atomic E-state index is -0.835. The molecule has 2 heterocycles. The van der Waals surface area contributed by atoms with Crippen LogP contribution in [0.3, 0.4) is 0 Å². The molecule has 0 saturated carbocycles. The first-order valence-corrected chi connectivity index (χ1v) is 16.4. The average Bonchev–Trinajstić information content (AvgIpc) is 3.32. The molecule has 0 radical (unpaired) electrons.